The summed E-state index contributed by atoms with van der Waals surface area (Å²) in [5.41, 5.74) is -0.810. The SMILES string of the molecule is CN1CCOC(CNc2ccc(C(F)(F)F)c(C#N)c2)C1. The van der Waals surface area contributed by atoms with Crippen LogP contribution >= 0.6 is 0 Å². The molecule has 1 aliphatic rings. The van der Waals surface area contributed by atoms with Crippen molar-refractivity contribution >= 4 is 5.69 Å². The molecule has 0 radical (unpaired) electrons. The zero-order valence-corrected chi connectivity index (χ0v) is 11.6. The molecule has 0 bridgehead atoms. The van der Waals surface area contributed by atoms with Crippen LogP contribution in [0.3, 0.4) is 0 Å². The minimum Gasteiger partial charge on any atom is -0.382 e. The Labute approximate surface area is 121 Å². The van der Waals surface area contributed by atoms with E-state index in [9.17, 15) is 13.2 Å². The van der Waals surface area contributed by atoms with Gasteiger partial charge in [-0.2, -0.15) is 18.4 Å². The molecular weight excluding hydrogens is 283 g/mol. The van der Waals surface area contributed by atoms with Crippen LogP contribution in [0.2, 0.25) is 0 Å². The summed E-state index contributed by atoms with van der Waals surface area (Å²) in [6, 6.07) is 5.06. The number of halogens is 3. The predicted octanol–water partition coefficient (Wildman–Crippen LogP) is 2.32. The highest BCUT2D eigenvalue weighted by molar-refractivity contribution is 5.53. The second kappa shape index (κ2) is 6.33. The van der Waals surface area contributed by atoms with Crippen LogP contribution in [-0.4, -0.2) is 44.3 Å². The smallest absolute Gasteiger partial charge is 0.382 e. The first-order chi connectivity index (χ1) is 9.90. The van der Waals surface area contributed by atoms with E-state index in [1.807, 2.05) is 7.05 Å². The lowest BCUT2D eigenvalue weighted by molar-refractivity contribution is -0.137. The van der Waals surface area contributed by atoms with Crippen molar-refractivity contribution in [2.75, 3.05) is 38.6 Å². The third kappa shape index (κ3) is 4.09. The van der Waals surface area contributed by atoms with Crippen LogP contribution in [0.1, 0.15) is 11.1 Å². The van der Waals surface area contributed by atoms with Crippen molar-refractivity contribution in [3.05, 3.63) is 29.3 Å². The first-order valence-electron chi connectivity index (χ1n) is 6.55. The molecule has 0 saturated carbocycles. The lowest BCUT2D eigenvalue weighted by Crippen LogP contribution is -2.43. The van der Waals surface area contributed by atoms with Crippen LogP contribution in [0.25, 0.3) is 0 Å². The summed E-state index contributed by atoms with van der Waals surface area (Å²) >= 11 is 0. The standard InChI is InChI=1S/C14H16F3N3O/c1-20-4-5-21-12(9-20)8-19-11-2-3-13(14(15,16)17)10(6-11)7-18/h2-3,6,12,19H,4-5,8-9H2,1H3. The molecule has 1 aliphatic heterocycles. The number of alkyl halides is 3. The topological polar surface area (TPSA) is 48.3 Å². The molecule has 21 heavy (non-hydrogen) atoms. The van der Waals surface area contributed by atoms with Gasteiger partial charge in [0.25, 0.3) is 0 Å². The van der Waals surface area contributed by atoms with Gasteiger partial charge in [0.1, 0.15) is 0 Å². The number of hydrogen-bond acceptors (Lipinski definition) is 4. The van der Waals surface area contributed by atoms with Gasteiger partial charge in [-0.25, -0.2) is 0 Å². The van der Waals surface area contributed by atoms with E-state index in [-0.39, 0.29) is 11.7 Å². The van der Waals surface area contributed by atoms with Crippen molar-refractivity contribution in [1.82, 2.24) is 4.90 Å². The molecule has 1 aromatic rings. The average Bonchev–Trinajstić information content (AvgIpc) is 2.44. The second-order valence-electron chi connectivity index (χ2n) is 5.01. The zero-order valence-electron chi connectivity index (χ0n) is 11.6. The summed E-state index contributed by atoms with van der Waals surface area (Å²) in [5, 5.41) is 11.9. The molecule has 1 atom stereocenters. The maximum atomic E-state index is 12.7. The minimum atomic E-state index is -4.52. The number of benzene rings is 1. The Morgan fingerprint density at radius 1 is 1.48 bits per heavy atom. The highest BCUT2D eigenvalue weighted by Crippen LogP contribution is 2.32. The van der Waals surface area contributed by atoms with E-state index < -0.39 is 11.7 Å². The summed E-state index contributed by atoms with van der Waals surface area (Å²) in [5.74, 6) is 0. The molecule has 1 unspecified atom stereocenters. The monoisotopic (exact) mass is 299 g/mol. The van der Waals surface area contributed by atoms with Gasteiger partial charge in [-0.3, -0.25) is 0 Å². The van der Waals surface area contributed by atoms with E-state index in [1.165, 1.54) is 12.1 Å². The third-order valence-corrected chi connectivity index (χ3v) is 3.32. The molecule has 114 valence electrons. The first kappa shape index (κ1) is 15.6. The van der Waals surface area contributed by atoms with E-state index in [4.69, 9.17) is 10.00 Å². The fourth-order valence-electron chi connectivity index (χ4n) is 2.22. The Morgan fingerprint density at radius 2 is 2.24 bits per heavy atom. The van der Waals surface area contributed by atoms with E-state index in [0.29, 0.717) is 18.8 Å². The summed E-state index contributed by atoms with van der Waals surface area (Å²) in [7, 11) is 1.99. The largest absolute Gasteiger partial charge is 0.417 e. The van der Waals surface area contributed by atoms with Crippen molar-refractivity contribution < 1.29 is 17.9 Å². The van der Waals surface area contributed by atoms with Crippen molar-refractivity contribution in [3.8, 4) is 6.07 Å². The van der Waals surface area contributed by atoms with Crippen molar-refractivity contribution in [2.24, 2.45) is 0 Å². The zero-order chi connectivity index (χ0) is 15.5. The second-order valence-corrected chi connectivity index (χ2v) is 5.01. The molecule has 1 saturated heterocycles. The fourth-order valence-corrected chi connectivity index (χ4v) is 2.22. The van der Waals surface area contributed by atoms with Crippen LogP contribution in [-0.2, 0) is 10.9 Å². The number of rotatable bonds is 3. The van der Waals surface area contributed by atoms with Gasteiger partial charge in [0.2, 0.25) is 0 Å². The highest BCUT2D eigenvalue weighted by Gasteiger charge is 2.33. The Hall–Kier alpha value is -1.78. The number of hydrogen-bond donors (Lipinski definition) is 1. The average molecular weight is 299 g/mol. The molecule has 0 aliphatic carbocycles. The maximum absolute atomic E-state index is 12.7. The number of nitrogens with zero attached hydrogens (tertiary/aromatic N) is 2. The summed E-state index contributed by atoms with van der Waals surface area (Å²) in [4.78, 5) is 2.13. The van der Waals surface area contributed by atoms with E-state index in [1.54, 1.807) is 6.07 Å². The van der Waals surface area contributed by atoms with Crippen LogP contribution in [0.15, 0.2) is 18.2 Å². The molecule has 1 N–H and O–H groups in total. The lowest BCUT2D eigenvalue weighted by atomic mass is 10.1. The number of morpholine rings is 1. The summed E-state index contributed by atoms with van der Waals surface area (Å²) < 4.78 is 43.6. The maximum Gasteiger partial charge on any atom is 0.417 e. The van der Waals surface area contributed by atoms with Gasteiger partial charge >= 0.3 is 6.18 Å². The lowest BCUT2D eigenvalue weighted by Gasteiger charge is -2.30. The van der Waals surface area contributed by atoms with Crippen molar-refractivity contribution in [2.45, 2.75) is 12.3 Å². The van der Waals surface area contributed by atoms with Gasteiger partial charge in [0, 0.05) is 25.3 Å². The van der Waals surface area contributed by atoms with E-state index in [2.05, 4.69) is 10.2 Å². The quantitative estimate of drug-likeness (QED) is 0.930. The van der Waals surface area contributed by atoms with Gasteiger partial charge < -0.3 is 15.0 Å². The van der Waals surface area contributed by atoms with Crippen LogP contribution in [0.4, 0.5) is 18.9 Å². The van der Waals surface area contributed by atoms with Gasteiger partial charge in [-0.15, -0.1) is 0 Å². The molecule has 0 amide bonds. The number of likely N-dealkylation sites (N-methyl/N-ethyl adjacent to an activating group) is 1. The van der Waals surface area contributed by atoms with Crippen LogP contribution < -0.4 is 5.32 Å². The van der Waals surface area contributed by atoms with Gasteiger partial charge in [0.15, 0.2) is 0 Å². The highest BCUT2D eigenvalue weighted by atomic mass is 19.4. The predicted molar refractivity (Wildman–Crippen MR) is 71.9 cm³/mol. The Bertz CT molecular complexity index is 539. The molecule has 1 aromatic carbocycles. The molecule has 7 heteroatoms. The Balaban J connectivity index is 2.03. The normalized spacial score (nSPS) is 20.0. The summed E-state index contributed by atoms with van der Waals surface area (Å²) in [6.45, 7) is 2.76. The molecule has 2 rings (SSSR count). The molecule has 0 aromatic heterocycles. The Kier molecular flexibility index (Phi) is 4.70. The van der Waals surface area contributed by atoms with E-state index >= 15 is 0 Å². The molecule has 1 heterocycles. The van der Waals surface area contributed by atoms with Crippen LogP contribution in [0, 0.1) is 11.3 Å². The van der Waals surface area contributed by atoms with Crippen LogP contribution in [0.5, 0.6) is 0 Å². The minimum absolute atomic E-state index is 0.0171. The fraction of sp³-hybridized carbons (Fsp3) is 0.500. The van der Waals surface area contributed by atoms with Crippen molar-refractivity contribution in [1.29, 1.82) is 5.26 Å². The molecule has 0 spiro atoms. The number of nitrogens with one attached hydrogen (secondary N) is 1. The Morgan fingerprint density at radius 3 is 2.86 bits per heavy atom. The number of nitriles is 1. The number of anilines is 1. The molecule has 4 nitrogen and oxygen atoms in total. The van der Waals surface area contributed by atoms with Gasteiger partial charge in [-0.1, -0.05) is 0 Å². The van der Waals surface area contributed by atoms with Gasteiger partial charge in [-0.05, 0) is 25.2 Å². The summed E-state index contributed by atoms with van der Waals surface area (Å²) in [6.07, 6.45) is -4.53. The first-order valence-corrected chi connectivity index (χ1v) is 6.55. The van der Waals surface area contributed by atoms with Gasteiger partial charge in [0.05, 0.1) is 29.9 Å². The molecule has 1 fully saturated rings. The molecular formula is C14H16F3N3O. The number of ether oxygens (including phenoxy) is 1. The van der Waals surface area contributed by atoms with E-state index in [0.717, 1.165) is 19.2 Å². The van der Waals surface area contributed by atoms with Crippen molar-refractivity contribution in [3.63, 3.8) is 0 Å². The third-order valence-electron chi connectivity index (χ3n) is 3.32.